The molecule has 1 saturated heterocycles. The monoisotopic (exact) mass is 609 g/mol. The Morgan fingerprint density at radius 1 is 1.02 bits per heavy atom. The van der Waals surface area contributed by atoms with Crippen LogP contribution in [0.15, 0.2) is 65.1 Å². The first-order valence-corrected chi connectivity index (χ1v) is 15.1. The summed E-state index contributed by atoms with van der Waals surface area (Å²) in [6.45, 7) is 2.28. The number of H-pyrrole nitrogens is 1. The molecule has 4 aromatic rings. The van der Waals surface area contributed by atoms with Gasteiger partial charge in [-0.3, -0.25) is 9.29 Å². The molecule has 1 atom stereocenters. The molecule has 0 radical (unpaired) electrons. The number of fused-ring (bicyclic) bond motifs is 1. The zero-order valence-corrected chi connectivity index (χ0v) is 24.8. The lowest BCUT2D eigenvalue weighted by atomic mass is 9.87. The van der Waals surface area contributed by atoms with Crippen molar-refractivity contribution in [1.82, 2.24) is 15.1 Å². The molecule has 3 aromatic carbocycles. The first kappa shape index (κ1) is 28.2. The molecule has 0 spiro atoms. The minimum absolute atomic E-state index is 0.114. The molecule has 9 heteroatoms. The summed E-state index contributed by atoms with van der Waals surface area (Å²) >= 11 is 18.1. The number of nitrogens with one attached hydrogen (secondary N) is 1. The molecule has 5 nitrogen and oxygen atoms in total. The molecule has 6 rings (SSSR count). The molecular formula is C32H30Cl2FN3O2S. The molecule has 1 N–H and O–H groups in total. The Hall–Kier alpha value is -2.97. The molecular weight excluding hydrogens is 580 g/mol. The van der Waals surface area contributed by atoms with E-state index in [0.29, 0.717) is 22.4 Å². The second kappa shape index (κ2) is 12.5. The van der Waals surface area contributed by atoms with Crippen molar-refractivity contribution in [2.45, 2.75) is 38.2 Å². The highest BCUT2D eigenvalue weighted by Crippen LogP contribution is 2.43. The number of hydrogen-bond acceptors (Lipinski definition) is 5. The summed E-state index contributed by atoms with van der Waals surface area (Å²) in [5.74, 6) is 1.31. The van der Waals surface area contributed by atoms with E-state index in [0.717, 1.165) is 78.9 Å². The van der Waals surface area contributed by atoms with E-state index >= 15 is 0 Å². The number of hydrogen-bond donors (Lipinski definition) is 1. The van der Waals surface area contributed by atoms with Gasteiger partial charge < -0.3 is 9.15 Å². The van der Waals surface area contributed by atoms with E-state index in [2.05, 4.69) is 39.4 Å². The Labute approximate surface area is 253 Å². The van der Waals surface area contributed by atoms with E-state index in [4.69, 9.17) is 44.6 Å². The summed E-state index contributed by atoms with van der Waals surface area (Å²) in [6, 6.07) is 20.3. The van der Waals surface area contributed by atoms with Crippen molar-refractivity contribution in [3.63, 3.8) is 0 Å². The Morgan fingerprint density at radius 2 is 1.83 bits per heavy atom. The molecule has 0 bridgehead atoms. The summed E-state index contributed by atoms with van der Waals surface area (Å²) in [7, 11) is 0. The average molecular weight is 611 g/mol. The molecule has 2 aliphatic rings. The van der Waals surface area contributed by atoms with Crippen LogP contribution in [-0.4, -0.2) is 47.5 Å². The van der Waals surface area contributed by atoms with Gasteiger partial charge in [0.2, 0.25) is 5.89 Å². The van der Waals surface area contributed by atoms with Gasteiger partial charge in [0.25, 0.3) is 4.84 Å². The average Bonchev–Trinajstić information content (AvgIpc) is 3.56. The van der Waals surface area contributed by atoms with Gasteiger partial charge in [0.05, 0.1) is 6.67 Å². The Morgan fingerprint density at radius 3 is 2.59 bits per heavy atom. The van der Waals surface area contributed by atoms with Gasteiger partial charge in [-0.2, -0.15) is 0 Å². The molecule has 212 valence electrons. The third kappa shape index (κ3) is 6.28. The first-order valence-electron chi connectivity index (χ1n) is 13.9. The predicted molar refractivity (Wildman–Crippen MR) is 165 cm³/mol. The lowest BCUT2D eigenvalue weighted by molar-refractivity contribution is 0.198. The molecule has 1 aliphatic carbocycles. The van der Waals surface area contributed by atoms with E-state index < -0.39 is 0 Å². The van der Waals surface area contributed by atoms with Crippen LogP contribution in [0, 0.1) is 4.84 Å². The number of alkyl halides is 1. The number of nitrogens with zero attached hydrogens (tertiary/aromatic N) is 2. The Bertz CT molecular complexity index is 1630. The van der Waals surface area contributed by atoms with E-state index in [1.807, 2.05) is 30.3 Å². The van der Waals surface area contributed by atoms with Crippen LogP contribution in [0.1, 0.15) is 47.9 Å². The molecule has 0 amide bonds. The summed E-state index contributed by atoms with van der Waals surface area (Å²) < 4.78 is 24.5. The minimum Gasteiger partial charge on any atom is -0.489 e. The molecule has 1 fully saturated rings. The van der Waals surface area contributed by atoms with E-state index in [9.17, 15) is 4.39 Å². The number of benzene rings is 3. The third-order valence-electron chi connectivity index (χ3n) is 7.77. The van der Waals surface area contributed by atoms with Crippen LogP contribution >= 0.6 is 35.4 Å². The van der Waals surface area contributed by atoms with Gasteiger partial charge in [-0.05, 0) is 114 Å². The summed E-state index contributed by atoms with van der Waals surface area (Å²) in [5, 5.41) is 8.17. The predicted octanol–water partition coefficient (Wildman–Crippen LogP) is 8.81. The maximum atomic E-state index is 12.6. The second-order valence-electron chi connectivity index (χ2n) is 10.5. The van der Waals surface area contributed by atoms with E-state index in [1.54, 1.807) is 6.07 Å². The topological polar surface area (TPSA) is 54.3 Å². The van der Waals surface area contributed by atoms with Crippen molar-refractivity contribution in [1.29, 1.82) is 0 Å². The molecule has 1 aromatic heterocycles. The number of likely N-dealkylation sites (tertiary alicyclic amines) is 1. The number of aromatic nitrogens is 2. The van der Waals surface area contributed by atoms with Gasteiger partial charge in [-0.25, -0.2) is 5.10 Å². The van der Waals surface area contributed by atoms with Crippen molar-refractivity contribution in [3.05, 3.63) is 97.8 Å². The molecule has 1 unspecified atom stereocenters. The normalized spacial score (nSPS) is 17.5. The van der Waals surface area contributed by atoms with Gasteiger partial charge in [-0.1, -0.05) is 47.5 Å². The van der Waals surface area contributed by atoms with E-state index in [1.165, 1.54) is 11.1 Å². The fourth-order valence-corrected chi connectivity index (χ4v) is 6.53. The fourth-order valence-electron chi connectivity index (χ4n) is 5.88. The van der Waals surface area contributed by atoms with Crippen molar-refractivity contribution in [3.8, 4) is 17.2 Å². The van der Waals surface area contributed by atoms with Gasteiger partial charge in [0, 0.05) is 35.2 Å². The number of aromatic amines is 1. The van der Waals surface area contributed by atoms with Gasteiger partial charge in [0.1, 0.15) is 11.9 Å². The van der Waals surface area contributed by atoms with Crippen LogP contribution in [-0.2, 0) is 6.42 Å². The zero-order chi connectivity index (χ0) is 28.3. The van der Waals surface area contributed by atoms with Crippen LogP contribution in [0.5, 0.6) is 5.75 Å². The van der Waals surface area contributed by atoms with Crippen molar-refractivity contribution < 1.29 is 13.5 Å². The highest BCUT2D eigenvalue weighted by atomic mass is 35.5. The first-order chi connectivity index (χ1) is 20.0. The lowest BCUT2D eigenvalue weighted by Crippen LogP contribution is -2.26. The third-order valence-corrected chi connectivity index (χ3v) is 8.50. The summed E-state index contributed by atoms with van der Waals surface area (Å²) in [5.41, 5.74) is 7.63. The minimum atomic E-state index is -0.277. The van der Waals surface area contributed by atoms with Gasteiger partial charge in [0.15, 0.2) is 0 Å². The highest BCUT2D eigenvalue weighted by Gasteiger charge is 2.25. The molecule has 41 heavy (non-hydrogen) atoms. The zero-order valence-electron chi connectivity index (χ0n) is 22.5. The van der Waals surface area contributed by atoms with Crippen LogP contribution < -0.4 is 4.74 Å². The Balaban J connectivity index is 1.37. The van der Waals surface area contributed by atoms with E-state index in [-0.39, 0.29) is 17.6 Å². The van der Waals surface area contributed by atoms with Crippen molar-refractivity contribution >= 4 is 46.6 Å². The van der Waals surface area contributed by atoms with Crippen molar-refractivity contribution in [2.24, 2.45) is 0 Å². The highest BCUT2D eigenvalue weighted by molar-refractivity contribution is 7.71. The fraction of sp³-hybridized carbons (Fsp3) is 0.312. The van der Waals surface area contributed by atoms with Crippen LogP contribution in [0.3, 0.4) is 0 Å². The SMILES string of the molecule is FCCCN1CCC(Oc2ccc(C3=C(c4ccc(Cl)cc4Cl)CCCc4cc(-c5n[nH]c(=S)o5)ccc43)cc2)C1. The maximum Gasteiger partial charge on any atom is 0.284 e. The number of ether oxygens (including phenoxy) is 1. The van der Waals surface area contributed by atoms with Gasteiger partial charge >= 0.3 is 0 Å². The lowest BCUT2D eigenvalue weighted by Gasteiger charge is -2.19. The van der Waals surface area contributed by atoms with Crippen LogP contribution in [0.25, 0.3) is 22.6 Å². The maximum absolute atomic E-state index is 12.6. The second-order valence-corrected chi connectivity index (χ2v) is 11.7. The number of allylic oxidation sites excluding steroid dienone is 1. The quantitative estimate of drug-likeness (QED) is 0.202. The number of aryl methyl sites for hydroxylation is 1. The summed E-state index contributed by atoms with van der Waals surface area (Å²) in [6.07, 6.45) is 4.35. The number of rotatable bonds is 8. The van der Waals surface area contributed by atoms with Crippen molar-refractivity contribution in [2.75, 3.05) is 26.3 Å². The van der Waals surface area contributed by atoms with Gasteiger partial charge in [-0.15, -0.1) is 5.10 Å². The number of halogens is 3. The molecule has 2 heterocycles. The smallest absolute Gasteiger partial charge is 0.284 e. The van der Waals surface area contributed by atoms with Crippen LogP contribution in [0.2, 0.25) is 10.0 Å². The summed E-state index contributed by atoms with van der Waals surface area (Å²) in [4.78, 5) is 2.52. The van der Waals surface area contributed by atoms with Crippen LogP contribution in [0.4, 0.5) is 4.39 Å². The molecule has 1 aliphatic heterocycles. The Kier molecular flexibility index (Phi) is 8.58. The standard InChI is InChI=1S/C32H30Cl2FN3O2S/c33-23-8-12-27(29(34)18-23)28-4-1-3-21-17-22(31-36-37-32(41)40-31)7-11-26(21)30(28)20-5-9-24(10-6-20)39-25-13-16-38(19-25)15-2-14-35/h5-12,17-18,25H,1-4,13-16,19H2,(H,37,41). The largest absolute Gasteiger partial charge is 0.489 e. The molecule has 0 saturated carbocycles.